The van der Waals surface area contributed by atoms with Crippen LogP contribution in [0.5, 0.6) is 6.01 Å². The van der Waals surface area contributed by atoms with Crippen LogP contribution in [0.1, 0.15) is 13.3 Å². The van der Waals surface area contributed by atoms with E-state index in [2.05, 4.69) is 50.6 Å². The topological polar surface area (TPSA) is 27.1 Å². The lowest BCUT2D eigenvalue weighted by molar-refractivity contribution is 0.289. The lowest BCUT2D eigenvalue weighted by atomic mass is 10.3. The van der Waals surface area contributed by atoms with E-state index in [1.807, 2.05) is 30.3 Å². The largest absolute Gasteiger partial charge is 0.464 e. The van der Waals surface area contributed by atoms with Gasteiger partial charge in [-0.25, -0.2) is 0 Å². The molecule has 0 bridgehead atoms. The molecule has 0 saturated heterocycles. The smallest absolute Gasteiger partial charge is 0.302 e. The molecule has 4 heteroatoms. The summed E-state index contributed by atoms with van der Waals surface area (Å²) in [6, 6.07) is 16.9. The van der Waals surface area contributed by atoms with E-state index >= 15 is 0 Å². The molecule has 0 N–H and O–H groups in total. The molecule has 20 heavy (non-hydrogen) atoms. The first-order valence-corrected chi connectivity index (χ1v) is 7.45. The van der Waals surface area contributed by atoms with Gasteiger partial charge in [0.2, 0.25) is 0 Å². The van der Waals surface area contributed by atoms with E-state index in [9.17, 15) is 0 Å². The fourth-order valence-corrected chi connectivity index (χ4v) is 2.40. The van der Waals surface area contributed by atoms with Crippen LogP contribution in [0.3, 0.4) is 0 Å². The molecule has 3 rings (SSSR count). The van der Waals surface area contributed by atoms with Gasteiger partial charge in [-0.05, 0) is 42.8 Å². The predicted molar refractivity (Wildman–Crippen MR) is 84.6 cm³/mol. The number of rotatable bonds is 4. The molecule has 2 aromatic carbocycles. The Morgan fingerprint density at radius 3 is 2.60 bits per heavy atom. The normalized spacial score (nSPS) is 10.9. The van der Waals surface area contributed by atoms with Gasteiger partial charge < -0.3 is 4.74 Å². The standard InChI is InChI=1S/C16H15BrN2O/c1-2-11-20-16-18-14-5-3-4-6-15(14)19(16)13-9-7-12(17)8-10-13/h3-10H,2,11H2,1H3. The van der Waals surface area contributed by atoms with Crippen molar-refractivity contribution in [2.75, 3.05) is 6.61 Å². The minimum absolute atomic E-state index is 0.648. The average Bonchev–Trinajstić information content (AvgIpc) is 2.84. The Hall–Kier alpha value is -1.81. The van der Waals surface area contributed by atoms with Crippen molar-refractivity contribution in [2.45, 2.75) is 13.3 Å². The third-order valence-electron chi connectivity index (χ3n) is 3.05. The maximum atomic E-state index is 5.80. The fourth-order valence-electron chi connectivity index (χ4n) is 2.13. The van der Waals surface area contributed by atoms with Gasteiger partial charge in [-0.15, -0.1) is 0 Å². The van der Waals surface area contributed by atoms with Gasteiger partial charge in [0, 0.05) is 4.47 Å². The zero-order valence-corrected chi connectivity index (χ0v) is 12.8. The molecule has 0 atom stereocenters. The van der Waals surface area contributed by atoms with Gasteiger partial charge in [-0.3, -0.25) is 4.57 Å². The summed E-state index contributed by atoms with van der Waals surface area (Å²) in [6.07, 6.45) is 0.962. The third-order valence-corrected chi connectivity index (χ3v) is 3.58. The Balaban J connectivity index is 2.17. The summed E-state index contributed by atoms with van der Waals surface area (Å²) in [5, 5.41) is 0. The molecule has 0 aliphatic carbocycles. The van der Waals surface area contributed by atoms with Crippen LogP contribution in [0.15, 0.2) is 53.0 Å². The molecule has 0 fully saturated rings. The van der Waals surface area contributed by atoms with Crippen molar-refractivity contribution >= 4 is 27.0 Å². The van der Waals surface area contributed by atoms with E-state index in [-0.39, 0.29) is 0 Å². The molecule has 0 aliphatic heterocycles. The van der Waals surface area contributed by atoms with Crippen molar-refractivity contribution in [3.05, 3.63) is 53.0 Å². The Bertz CT molecular complexity index is 719. The summed E-state index contributed by atoms with van der Waals surface area (Å²) >= 11 is 3.46. The Labute approximate surface area is 126 Å². The molecule has 0 amide bonds. The number of imidazole rings is 1. The number of hydrogen-bond acceptors (Lipinski definition) is 2. The van der Waals surface area contributed by atoms with Gasteiger partial charge in [0.15, 0.2) is 0 Å². The summed E-state index contributed by atoms with van der Waals surface area (Å²) in [4.78, 5) is 4.58. The molecule has 0 saturated carbocycles. The van der Waals surface area contributed by atoms with Crippen LogP contribution in [0, 0.1) is 0 Å². The second-order valence-electron chi connectivity index (χ2n) is 4.54. The molecule has 0 spiro atoms. The number of fused-ring (bicyclic) bond motifs is 1. The van der Waals surface area contributed by atoms with Gasteiger partial charge in [0.05, 0.1) is 23.3 Å². The van der Waals surface area contributed by atoms with Crippen molar-refractivity contribution in [3.8, 4) is 11.7 Å². The summed E-state index contributed by atoms with van der Waals surface area (Å²) in [7, 11) is 0. The van der Waals surface area contributed by atoms with Gasteiger partial charge in [0.25, 0.3) is 0 Å². The van der Waals surface area contributed by atoms with E-state index in [1.54, 1.807) is 0 Å². The number of benzene rings is 2. The first-order chi connectivity index (χ1) is 9.79. The fraction of sp³-hybridized carbons (Fsp3) is 0.188. The van der Waals surface area contributed by atoms with Crippen molar-refractivity contribution < 1.29 is 4.74 Å². The van der Waals surface area contributed by atoms with Crippen LogP contribution in [0.25, 0.3) is 16.7 Å². The summed E-state index contributed by atoms with van der Waals surface area (Å²) < 4.78 is 8.91. The molecule has 102 valence electrons. The molecule has 3 aromatic rings. The van der Waals surface area contributed by atoms with E-state index in [0.29, 0.717) is 12.6 Å². The van der Waals surface area contributed by atoms with Gasteiger partial charge >= 0.3 is 6.01 Å². The number of aromatic nitrogens is 2. The lowest BCUT2D eigenvalue weighted by Crippen LogP contribution is -2.03. The Morgan fingerprint density at radius 2 is 1.85 bits per heavy atom. The van der Waals surface area contributed by atoms with Crippen LogP contribution in [0.2, 0.25) is 0 Å². The van der Waals surface area contributed by atoms with Crippen LogP contribution in [0.4, 0.5) is 0 Å². The second kappa shape index (κ2) is 5.67. The molecule has 1 heterocycles. The van der Waals surface area contributed by atoms with Crippen LogP contribution in [-0.2, 0) is 0 Å². The second-order valence-corrected chi connectivity index (χ2v) is 5.46. The lowest BCUT2D eigenvalue weighted by Gasteiger charge is -2.09. The highest BCUT2D eigenvalue weighted by Gasteiger charge is 2.12. The number of nitrogens with zero attached hydrogens (tertiary/aromatic N) is 2. The first kappa shape index (κ1) is 13.2. The predicted octanol–water partition coefficient (Wildman–Crippen LogP) is 4.58. The number of hydrogen-bond donors (Lipinski definition) is 0. The van der Waals surface area contributed by atoms with Crippen molar-refractivity contribution in [3.63, 3.8) is 0 Å². The molecule has 0 unspecified atom stereocenters. The number of halogens is 1. The Kier molecular flexibility index (Phi) is 3.74. The molecule has 3 nitrogen and oxygen atoms in total. The minimum atomic E-state index is 0.648. The average molecular weight is 331 g/mol. The van der Waals surface area contributed by atoms with Gasteiger partial charge in [-0.1, -0.05) is 35.0 Å². The maximum absolute atomic E-state index is 5.80. The third kappa shape index (κ3) is 2.43. The Morgan fingerprint density at radius 1 is 1.10 bits per heavy atom. The molecule has 1 aromatic heterocycles. The first-order valence-electron chi connectivity index (χ1n) is 6.66. The van der Waals surface area contributed by atoms with Crippen molar-refractivity contribution in [2.24, 2.45) is 0 Å². The zero-order chi connectivity index (χ0) is 13.9. The summed E-state index contributed by atoms with van der Waals surface area (Å²) in [5.74, 6) is 0. The van der Waals surface area contributed by atoms with Crippen molar-refractivity contribution in [1.82, 2.24) is 9.55 Å². The number of ether oxygens (including phenoxy) is 1. The SMILES string of the molecule is CCCOc1nc2ccccc2n1-c1ccc(Br)cc1. The summed E-state index contributed by atoms with van der Waals surface area (Å²) in [6.45, 7) is 2.76. The van der Waals surface area contributed by atoms with E-state index in [0.717, 1.165) is 27.6 Å². The molecule has 0 aliphatic rings. The van der Waals surface area contributed by atoms with Crippen LogP contribution >= 0.6 is 15.9 Å². The van der Waals surface area contributed by atoms with Crippen molar-refractivity contribution in [1.29, 1.82) is 0 Å². The molecular formula is C16H15BrN2O. The van der Waals surface area contributed by atoms with E-state index in [4.69, 9.17) is 4.74 Å². The van der Waals surface area contributed by atoms with E-state index in [1.165, 1.54) is 0 Å². The van der Waals surface area contributed by atoms with Gasteiger partial charge in [-0.2, -0.15) is 4.98 Å². The zero-order valence-electron chi connectivity index (χ0n) is 11.2. The van der Waals surface area contributed by atoms with E-state index < -0.39 is 0 Å². The maximum Gasteiger partial charge on any atom is 0.302 e. The summed E-state index contributed by atoms with van der Waals surface area (Å²) in [5.41, 5.74) is 3.05. The highest BCUT2D eigenvalue weighted by atomic mass is 79.9. The van der Waals surface area contributed by atoms with Gasteiger partial charge in [0.1, 0.15) is 0 Å². The minimum Gasteiger partial charge on any atom is -0.464 e. The number of para-hydroxylation sites is 2. The quantitative estimate of drug-likeness (QED) is 0.700. The molecule has 0 radical (unpaired) electrons. The van der Waals surface area contributed by atoms with Crippen LogP contribution < -0.4 is 4.74 Å². The highest BCUT2D eigenvalue weighted by molar-refractivity contribution is 9.10. The van der Waals surface area contributed by atoms with Crippen LogP contribution in [-0.4, -0.2) is 16.2 Å². The monoisotopic (exact) mass is 330 g/mol. The molecular weight excluding hydrogens is 316 g/mol. The highest BCUT2D eigenvalue weighted by Crippen LogP contribution is 2.27.